The first-order valence-electron chi connectivity index (χ1n) is 8.76. The topological polar surface area (TPSA) is 93.5 Å². The first-order valence-corrected chi connectivity index (χ1v) is 8.76. The van der Waals surface area contributed by atoms with E-state index in [1.54, 1.807) is 0 Å². The number of rotatable bonds is 9. The normalized spacial score (nSPS) is 13.4. The quantitative estimate of drug-likeness (QED) is 0.636. The SMILES string of the molecule is CC(C)COc1ccc(C(C)NC(=O)CNC(=O)[C@@H](N)C(C)C)cc1. The van der Waals surface area contributed by atoms with E-state index in [1.807, 2.05) is 45.0 Å². The van der Waals surface area contributed by atoms with Crippen LogP contribution in [0.15, 0.2) is 24.3 Å². The minimum atomic E-state index is -0.608. The Morgan fingerprint density at radius 1 is 1.08 bits per heavy atom. The van der Waals surface area contributed by atoms with Gasteiger partial charge >= 0.3 is 0 Å². The summed E-state index contributed by atoms with van der Waals surface area (Å²) in [6, 6.07) is 6.86. The summed E-state index contributed by atoms with van der Waals surface area (Å²) in [4.78, 5) is 23.7. The van der Waals surface area contributed by atoms with Gasteiger partial charge in [0, 0.05) is 0 Å². The van der Waals surface area contributed by atoms with Gasteiger partial charge in [-0.3, -0.25) is 9.59 Å². The van der Waals surface area contributed by atoms with Crippen molar-refractivity contribution in [3.8, 4) is 5.75 Å². The average Bonchev–Trinajstić information content (AvgIpc) is 2.57. The van der Waals surface area contributed by atoms with Crippen LogP contribution in [0.1, 0.15) is 46.2 Å². The Kier molecular flexibility index (Phi) is 8.41. The van der Waals surface area contributed by atoms with Gasteiger partial charge in [0.2, 0.25) is 11.8 Å². The largest absolute Gasteiger partial charge is 0.493 e. The maximum absolute atomic E-state index is 12.0. The standard InChI is InChI=1S/C19H31N3O3/c1-12(2)11-25-16-8-6-15(7-9-16)14(5)22-17(23)10-21-19(24)18(20)13(3)4/h6-9,12-14,18H,10-11,20H2,1-5H3,(H,21,24)(H,22,23)/t14?,18-/m0/s1. The van der Waals surface area contributed by atoms with E-state index in [9.17, 15) is 9.59 Å². The van der Waals surface area contributed by atoms with Gasteiger partial charge in [-0.05, 0) is 36.5 Å². The van der Waals surface area contributed by atoms with Crippen LogP contribution in [0.4, 0.5) is 0 Å². The van der Waals surface area contributed by atoms with E-state index in [0.29, 0.717) is 12.5 Å². The molecule has 2 atom stereocenters. The molecule has 1 unspecified atom stereocenters. The molecular formula is C19H31N3O3. The molecule has 1 aromatic rings. The summed E-state index contributed by atoms with van der Waals surface area (Å²) in [5.74, 6) is 0.739. The van der Waals surface area contributed by atoms with Crippen molar-refractivity contribution in [3.63, 3.8) is 0 Å². The van der Waals surface area contributed by atoms with E-state index in [4.69, 9.17) is 10.5 Å². The van der Waals surface area contributed by atoms with Gasteiger partial charge in [0.15, 0.2) is 0 Å². The third-order valence-corrected chi connectivity index (χ3v) is 3.79. The van der Waals surface area contributed by atoms with Crippen molar-refractivity contribution >= 4 is 11.8 Å². The number of ether oxygens (including phenoxy) is 1. The fraction of sp³-hybridized carbons (Fsp3) is 0.579. The lowest BCUT2D eigenvalue weighted by atomic mass is 10.1. The van der Waals surface area contributed by atoms with Gasteiger partial charge in [-0.2, -0.15) is 0 Å². The maximum Gasteiger partial charge on any atom is 0.239 e. The number of hydrogen-bond acceptors (Lipinski definition) is 4. The summed E-state index contributed by atoms with van der Waals surface area (Å²) < 4.78 is 5.64. The first kappa shape index (κ1) is 21.0. The third kappa shape index (κ3) is 7.56. The molecule has 0 spiro atoms. The third-order valence-electron chi connectivity index (χ3n) is 3.79. The van der Waals surface area contributed by atoms with Crippen molar-refractivity contribution in [1.29, 1.82) is 0 Å². The van der Waals surface area contributed by atoms with Crippen LogP contribution in [-0.4, -0.2) is 31.0 Å². The Morgan fingerprint density at radius 3 is 2.20 bits per heavy atom. The molecular weight excluding hydrogens is 318 g/mol. The minimum Gasteiger partial charge on any atom is -0.493 e. The van der Waals surface area contributed by atoms with Gasteiger partial charge in [-0.25, -0.2) is 0 Å². The highest BCUT2D eigenvalue weighted by Gasteiger charge is 2.18. The minimum absolute atomic E-state index is 0.0263. The fourth-order valence-corrected chi connectivity index (χ4v) is 2.08. The number of carbonyl (C=O) groups excluding carboxylic acids is 2. The molecule has 0 fully saturated rings. The van der Waals surface area contributed by atoms with Crippen LogP contribution in [-0.2, 0) is 9.59 Å². The predicted molar refractivity (Wildman–Crippen MR) is 99.2 cm³/mol. The molecule has 25 heavy (non-hydrogen) atoms. The molecule has 140 valence electrons. The van der Waals surface area contributed by atoms with Crippen LogP contribution in [0.5, 0.6) is 5.75 Å². The Hall–Kier alpha value is -2.08. The number of nitrogens with two attached hydrogens (primary N) is 1. The Labute approximate surface area is 150 Å². The summed E-state index contributed by atoms with van der Waals surface area (Å²) in [5.41, 5.74) is 6.71. The smallest absolute Gasteiger partial charge is 0.239 e. The number of hydrogen-bond donors (Lipinski definition) is 3. The van der Waals surface area contributed by atoms with E-state index in [0.717, 1.165) is 11.3 Å². The Balaban J connectivity index is 2.45. The van der Waals surface area contributed by atoms with E-state index >= 15 is 0 Å². The van der Waals surface area contributed by atoms with E-state index in [2.05, 4.69) is 24.5 Å². The van der Waals surface area contributed by atoms with Gasteiger partial charge in [-0.15, -0.1) is 0 Å². The number of nitrogens with one attached hydrogen (secondary N) is 2. The molecule has 0 saturated heterocycles. The van der Waals surface area contributed by atoms with Crippen molar-refractivity contribution in [2.75, 3.05) is 13.2 Å². The van der Waals surface area contributed by atoms with Gasteiger partial charge in [0.25, 0.3) is 0 Å². The highest BCUT2D eigenvalue weighted by atomic mass is 16.5. The second kappa shape index (κ2) is 10.0. The highest BCUT2D eigenvalue weighted by molar-refractivity contribution is 5.87. The van der Waals surface area contributed by atoms with Crippen LogP contribution in [0.2, 0.25) is 0 Å². The lowest BCUT2D eigenvalue weighted by Gasteiger charge is -2.17. The number of carbonyl (C=O) groups is 2. The van der Waals surface area contributed by atoms with Gasteiger partial charge in [0.05, 0.1) is 25.2 Å². The van der Waals surface area contributed by atoms with Gasteiger partial charge < -0.3 is 21.1 Å². The van der Waals surface area contributed by atoms with E-state index < -0.39 is 6.04 Å². The molecule has 0 aromatic heterocycles. The molecule has 6 heteroatoms. The zero-order chi connectivity index (χ0) is 19.0. The molecule has 0 aliphatic rings. The predicted octanol–water partition coefficient (Wildman–Crippen LogP) is 2.00. The summed E-state index contributed by atoms with van der Waals surface area (Å²) in [6.45, 7) is 10.4. The van der Waals surface area contributed by atoms with E-state index in [1.165, 1.54) is 0 Å². The van der Waals surface area contributed by atoms with Crippen molar-refractivity contribution < 1.29 is 14.3 Å². The number of amides is 2. The summed E-state index contributed by atoms with van der Waals surface area (Å²) in [7, 11) is 0. The molecule has 0 saturated carbocycles. The lowest BCUT2D eigenvalue weighted by Crippen LogP contribution is -2.47. The lowest BCUT2D eigenvalue weighted by molar-refractivity contribution is -0.127. The van der Waals surface area contributed by atoms with Crippen LogP contribution in [0, 0.1) is 11.8 Å². The van der Waals surface area contributed by atoms with Crippen molar-refractivity contribution in [3.05, 3.63) is 29.8 Å². The van der Waals surface area contributed by atoms with Crippen molar-refractivity contribution in [2.45, 2.75) is 46.7 Å². The van der Waals surface area contributed by atoms with Crippen LogP contribution >= 0.6 is 0 Å². The van der Waals surface area contributed by atoms with Crippen LogP contribution in [0.3, 0.4) is 0 Å². The zero-order valence-corrected chi connectivity index (χ0v) is 15.8. The monoisotopic (exact) mass is 349 g/mol. The van der Waals surface area contributed by atoms with Gasteiger partial charge in [-0.1, -0.05) is 39.8 Å². The zero-order valence-electron chi connectivity index (χ0n) is 15.8. The maximum atomic E-state index is 12.0. The molecule has 0 aliphatic heterocycles. The first-order chi connectivity index (χ1) is 11.7. The Bertz CT molecular complexity index is 556. The van der Waals surface area contributed by atoms with E-state index in [-0.39, 0.29) is 30.3 Å². The van der Waals surface area contributed by atoms with Crippen molar-refractivity contribution in [1.82, 2.24) is 10.6 Å². The van der Waals surface area contributed by atoms with Crippen molar-refractivity contribution in [2.24, 2.45) is 17.6 Å². The second-order valence-corrected chi connectivity index (χ2v) is 7.05. The molecule has 4 N–H and O–H groups in total. The molecule has 0 bridgehead atoms. The Morgan fingerprint density at radius 2 is 1.68 bits per heavy atom. The summed E-state index contributed by atoms with van der Waals surface area (Å²) in [5, 5.41) is 5.41. The second-order valence-electron chi connectivity index (χ2n) is 7.05. The molecule has 0 heterocycles. The molecule has 6 nitrogen and oxygen atoms in total. The van der Waals surface area contributed by atoms with Crippen LogP contribution in [0.25, 0.3) is 0 Å². The van der Waals surface area contributed by atoms with Gasteiger partial charge in [0.1, 0.15) is 5.75 Å². The average molecular weight is 349 g/mol. The number of benzene rings is 1. The molecule has 0 aliphatic carbocycles. The highest BCUT2D eigenvalue weighted by Crippen LogP contribution is 2.18. The molecule has 1 rings (SSSR count). The molecule has 0 radical (unpaired) electrons. The molecule has 1 aromatic carbocycles. The summed E-state index contributed by atoms with van der Waals surface area (Å²) in [6.07, 6.45) is 0. The van der Waals surface area contributed by atoms with Crippen LogP contribution < -0.4 is 21.1 Å². The fourth-order valence-electron chi connectivity index (χ4n) is 2.08. The summed E-state index contributed by atoms with van der Waals surface area (Å²) >= 11 is 0. The molecule has 2 amide bonds.